The fourth-order valence-electron chi connectivity index (χ4n) is 1.91. The van der Waals surface area contributed by atoms with E-state index in [4.69, 9.17) is 11.6 Å². The van der Waals surface area contributed by atoms with Gasteiger partial charge in [0, 0.05) is 36.8 Å². The van der Waals surface area contributed by atoms with E-state index in [0.717, 1.165) is 28.1 Å². The third kappa shape index (κ3) is 4.78. The molecule has 2 heterocycles. The second kappa shape index (κ2) is 7.89. The molecule has 21 heavy (non-hydrogen) atoms. The van der Waals surface area contributed by atoms with Crippen LogP contribution in [0.5, 0.6) is 0 Å². The molecule has 2 aromatic heterocycles. The minimum atomic E-state index is 0.0286. The zero-order valence-electron chi connectivity index (χ0n) is 12.1. The number of hydrogen-bond acceptors (Lipinski definition) is 5. The summed E-state index contributed by atoms with van der Waals surface area (Å²) in [5, 5.41) is 6.13. The van der Waals surface area contributed by atoms with Crippen LogP contribution in [0.15, 0.2) is 17.5 Å². The lowest BCUT2D eigenvalue weighted by Gasteiger charge is -2.14. The minimum Gasteiger partial charge on any atom is -0.311 e. The van der Waals surface area contributed by atoms with Crippen LogP contribution >= 0.6 is 34.3 Å². The number of thiophene rings is 1. The van der Waals surface area contributed by atoms with Crippen LogP contribution in [0.1, 0.15) is 24.4 Å². The monoisotopic (exact) mass is 343 g/mol. The molecule has 2 rings (SSSR count). The Morgan fingerprint density at radius 1 is 1.48 bits per heavy atom. The summed E-state index contributed by atoms with van der Waals surface area (Å²) in [7, 11) is 0. The predicted octanol–water partition coefficient (Wildman–Crippen LogP) is 3.56. The number of anilines is 1. The highest BCUT2D eigenvalue weighted by Crippen LogP contribution is 2.22. The molecule has 0 radical (unpaired) electrons. The van der Waals surface area contributed by atoms with Gasteiger partial charge in [-0.3, -0.25) is 9.69 Å². The fourth-order valence-corrected chi connectivity index (χ4v) is 3.93. The smallest absolute Gasteiger partial charge is 0.225 e. The second-order valence-electron chi connectivity index (χ2n) is 4.52. The van der Waals surface area contributed by atoms with Crippen LogP contribution in [-0.2, 0) is 17.8 Å². The third-order valence-electron chi connectivity index (χ3n) is 2.95. The highest BCUT2D eigenvalue weighted by molar-refractivity contribution is 7.16. The van der Waals surface area contributed by atoms with Gasteiger partial charge in [0.25, 0.3) is 0 Å². The van der Waals surface area contributed by atoms with Gasteiger partial charge < -0.3 is 5.32 Å². The molecule has 0 fully saturated rings. The van der Waals surface area contributed by atoms with Gasteiger partial charge in [-0.2, -0.15) is 0 Å². The maximum atomic E-state index is 11.5. The first-order chi connectivity index (χ1) is 10.1. The number of thiazole rings is 1. The molecule has 0 saturated heterocycles. The van der Waals surface area contributed by atoms with E-state index in [0.29, 0.717) is 13.1 Å². The molecule has 0 atom stereocenters. The Kier molecular flexibility index (Phi) is 6.17. The molecule has 2 aromatic rings. The SMILES string of the molecule is CCN(C(C)=O)c1nc(CNCCc2ccc(Cl)s2)cs1. The summed E-state index contributed by atoms with van der Waals surface area (Å²) < 4.78 is 0.832. The summed E-state index contributed by atoms with van der Waals surface area (Å²) in [5.74, 6) is 0.0286. The Labute approximate surface area is 137 Å². The number of hydrogen-bond donors (Lipinski definition) is 1. The zero-order chi connectivity index (χ0) is 15.2. The maximum Gasteiger partial charge on any atom is 0.225 e. The van der Waals surface area contributed by atoms with E-state index in [2.05, 4.69) is 16.4 Å². The van der Waals surface area contributed by atoms with Crippen molar-refractivity contribution in [2.75, 3.05) is 18.0 Å². The Hall–Kier alpha value is -0.950. The highest BCUT2D eigenvalue weighted by atomic mass is 35.5. The van der Waals surface area contributed by atoms with Crippen molar-refractivity contribution >= 4 is 45.3 Å². The topological polar surface area (TPSA) is 45.2 Å². The molecule has 1 N–H and O–H groups in total. The molecule has 1 amide bonds. The lowest BCUT2D eigenvalue weighted by Crippen LogP contribution is -2.27. The molecule has 0 aromatic carbocycles. The van der Waals surface area contributed by atoms with Crippen LogP contribution in [-0.4, -0.2) is 24.0 Å². The number of halogens is 1. The Morgan fingerprint density at radius 2 is 2.29 bits per heavy atom. The van der Waals surface area contributed by atoms with Crippen LogP contribution < -0.4 is 10.2 Å². The molecule has 4 nitrogen and oxygen atoms in total. The number of amides is 1. The summed E-state index contributed by atoms with van der Waals surface area (Å²) in [6.45, 7) is 5.76. The lowest BCUT2D eigenvalue weighted by atomic mass is 10.3. The summed E-state index contributed by atoms with van der Waals surface area (Å²) in [6.07, 6.45) is 0.961. The predicted molar refractivity (Wildman–Crippen MR) is 90.6 cm³/mol. The van der Waals surface area contributed by atoms with E-state index in [1.807, 2.05) is 18.4 Å². The molecular formula is C14H18ClN3OS2. The van der Waals surface area contributed by atoms with E-state index in [1.165, 1.54) is 16.2 Å². The quantitative estimate of drug-likeness (QED) is 0.782. The molecule has 114 valence electrons. The van der Waals surface area contributed by atoms with Gasteiger partial charge in [0.2, 0.25) is 5.91 Å². The Bertz CT molecular complexity index is 597. The van der Waals surface area contributed by atoms with Gasteiger partial charge in [-0.15, -0.1) is 22.7 Å². The molecule has 0 spiro atoms. The number of nitrogens with zero attached hydrogens (tertiary/aromatic N) is 2. The van der Waals surface area contributed by atoms with Gasteiger partial charge in [-0.25, -0.2) is 4.98 Å². The van der Waals surface area contributed by atoms with Gasteiger partial charge in [-0.1, -0.05) is 11.6 Å². The molecule has 7 heteroatoms. The first kappa shape index (κ1) is 16.4. The van der Waals surface area contributed by atoms with Crippen molar-refractivity contribution in [1.29, 1.82) is 0 Å². The molecular weight excluding hydrogens is 326 g/mol. The van der Waals surface area contributed by atoms with Crippen molar-refractivity contribution in [3.63, 3.8) is 0 Å². The minimum absolute atomic E-state index is 0.0286. The van der Waals surface area contributed by atoms with Crippen LogP contribution in [0.3, 0.4) is 0 Å². The summed E-state index contributed by atoms with van der Waals surface area (Å²) >= 11 is 9.02. The van der Waals surface area contributed by atoms with E-state index in [9.17, 15) is 4.79 Å². The van der Waals surface area contributed by atoms with E-state index in [-0.39, 0.29) is 5.91 Å². The third-order valence-corrected chi connectivity index (χ3v) is 5.15. The maximum absolute atomic E-state index is 11.5. The first-order valence-corrected chi connectivity index (χ1v) is 8.85. The van der Waals surface area contributed by atoms with Gasteiger partial charge in [0.05, 0.1) is 10.0 Å². The average Bonchev–Trinajstić information content (AvgIpc) is 3.05. The molecule has 0 aliphatic carbocycles. The Balaban J connectivity index is 1.79. The highest BCUT2D eigenvalue weighted by Gasteiger charge is 2.13. The van der Waals surface area contributed by atoms with Crippen molar-refractivity contribution < 1.29 is 4.79 Å². The van der Waals surface area contributed by atoms with Crippen molar-refractivity contribution in [3.05, 3.63) is 32.4 Å². The van der Waals surface area contributed by atoms with Gasteiger partial charge in [0.15, 0.2) is 5.13 Å². The number of rotatable bonds is 7. The fraction of sp³-hybridized carbons (Fsp3) is 0.429. The number of aromatic nitrogens is 1. The summed E-state index contributed by atoms with van der Waals surface area (Å²) in [6, 6.07) is 3.98. The van der Waals surface area contributed by atoms with E-state index >= 15 is 0 Å². The number of nitrogens with one attached hydrogen (secondary N) is 1. The van der Waals surface area contributed by atoms with Crippen LogP contribution in [0.2, 0.25) is 4.34 Å². The van der Waals surface area contributed by atoms with Crippen LogP contribution in [0, 0.1) is 0 Å². The van der Waals surface area contributed by atoms with Gasteiger partial charge in [-0.05, 0) is 25.5 Å². The normalized spacial score (nSPS) is 10.8. The molecule has 0 bridgehead atoms. The van der Waals surface area contributed by atoms with Crippen molar-refractivity contribution in [2.45, 2.75) is 26.8 Å². The molecule has 0 saturated carbocycles. The van der Waals surface area contributed by atoms with Gasteiger partial charge in [0.1, 0.15) is 0 Å². The van der Waals surface area contributed by atoms with Gasteiger partial charge >= 0.3 is 0 Å². The standard InChI is InChI=1S/C14H18ClN3OS2/c1-3-18(10(2)19)14-17-11(9-20-14)8-16-7-6-12-4-5-13(15)21-12/h4-5,9,16H,3,6-8H2,1-2H3. The summed E-state index contributed by atoms with van der Waals surface area (Å²) in [4.78, 5) is 18.9. The molecule has 0 aliphatic heterocycles. The second-order valence-corrected chi connectivity index (χ2v) is 7.15. The lowest BCUT2D eigenvalue weighted by molar-refractivity contribution is -0.116. The number of carbonyl (C=O) groups is 1. The number of carbonyl (C=O) groups excluding carboxylic acids is 1. The first-order valence-electron chi connectivity index (χ1n) is 6.77. The van der Waals surface area contributed by atoms with E-state index < -0.39 is 0 Å². The van der Waals surface area contributed by atoms with Crippen LogP contribution in [0.25, 0.3) is 0 Å². The van der Waals surface area contributed by atoms with Crippen LogP contribution in [0.4, 0.5) is 5.13 Å². The summed E-state index contributed by atoms with van der Waals surface area (Å²) in [5.41, 5.74) is 0.971. The Morgan fingerprint density at radius 3 is 2.90 bits per heavy atom. The molecule has 0 aliphatic rings. The zero-order valence-corrected chi connectivity index (χ0v) is 14.4. The molecule has 0 unspecified atom stereocenters. The van der Waals surface area contributed by atoms with Crippen molar-refractivity contribution in [2.24, 2.45) is 0 Å². The van der Waals surface area contributed by atoms with Crippen molar-refractivity contribution in [1.82, 2.24) is 10.3 Å². The average molecular weight is 344 g/mol. The largest absolute Gasteiger partial charge is 0.311 e. The van der Waals surface area contributed by atoms with E-state index in [1.54, 1.807) is 23.2 Å². The van der Waals surface area contributed by atoms with Crippen molar-refractivity contribution in [3.8, 4) is 0 Å².